The molecular weight excluding hydrogens is 325 g/mol. The van der Waals surface area contributed by atoms with E-state index >= 15 is 0 Å². The van der Waals surface area contributed by atoms with Gasteiger partial charge >= 0.3 is 0 Å². The largest absolute Gasteiger partial charge is 0.484 e. The van der Waals surface area contributed by atoms with E-state index in [9.17, 15) is 9.90 Å². The van der Waals surface area contributed by atoms with Gasteiger partial charge < -0.3 is 15.2 Å². The van der Waals surface area contributed by atoms with Crippen LogP contribution in [0.25, 0.3) is 0 Å². The number of amides is 1. The first-order valence-corrected chi connectivity index (χ1v) is 7.39. The standard InChI is InChI=1S/C16H15Cl2NO3/c17-12-3-1-11(2-4-12)15(20)9-19-16(21)10-22-14-7-5-13(18)6-8-14/h1-8,15,20H,9-10H2,(H,19,21)/t15-/m0/s1. The number of ether oxygens (including phenoxy) is 1. The molecule has 0 spiro atoms. The highest BCUT2D eigenvalue weighted by Gasteiger charge is 2.10. The molecule has 116 valence electrons. The zero-order valence-corrected chi connectivity index (χ0v) is 13.1. The van der Waals surface area contributed by atoms with Gasteiger partial charge in [0.25, 0.3) is 5.91 Å². The van der Waals surface area contributed by atoms with E-state index < -0.39 is 6.10 Å². The third kappa shape index (κ3) is 5.22. The molecule has 0 fully saturated rings. The molecule has 0 saturated carbocycles. The zero-order chi connectivity index (χ0) is 15.9. The first-order chi connectivity index (χ1) is 10.5. The molecule has 2 aromatic rings. The lowest BCUT2D eigenvalue weighted by molar-refractivity contribution is -0.123. The van der Waals surface area contributed by atoms with Crippen molar-refractivity contribution in [1.82, 2.24) is 5.32 Å². The van der Waals surface area contributed by atoms with Gasteiger partial charge in [0.15, 0.2) is 6.61 Å². The number of aliphatic hydroxyl groups excluding tert-OH is 1. The Bertz CT molecular complexity index is 614. The smallest absolute Gasteiger partial charge is 0.258 e. The van der Waals surface area contributed by atoms with Crippen molar-refractivity contribution in [1.29, 1.82) is 0 Å². The SMILES string of the molecule is O=C(COc1ccc(Cl)cc1)NC[C@H](O)c1ccc(Cl)cc1. The summed E-state index contributed by atoms with van der Waals surface area (Å²) in [6, 6.07) is 13.5. The van der Waals surface area contributed by atoms with Crippen LogP contribution in [0.15, 0.2) is 48.5 Å². The Morgan fingerprint density at radius 1 is 1.05 bits per heavy atom. The minimum Gasteiger partial charge on any atom is -0.484 e. The van der Waals surface area contributed by atoms with Crippen molar-refractivity contribution in [3.05, 3.63) is 64.1 Å². The molecule has 0 bridgehead atoms. The molecular formula is C16H15Cl2NO3. The Kier molecular flexibility index (Phi) is 6.07. The van der Waals surface area contributed by atoms with Gasteiger partial charge in [0.2, 0.25) is 0 Å². The third-order valence-corrected chi connectivity index (χ3v) is 3.43. The van der Waals surface area contributed by atoms with Gasteiger partial charge in [-0.25, -0.2) is 0 Å². The highest BCUT2D eigenvalue weighted by Crippen LogP contribution is 2.16. The van der Waals surface area contributed by atoms with E-state index in [0.29, 0.717) is 21.4 Å². The predicted molar refractivity (Wildman–Crippen MR) is 86.4 cm³/mol. The lowest BCUT2D eigenvalue weighted by atomic mass is 10.1. The molecule has 0 saturated heterocycles. The summed E-state index contributed by atoms with van der Waals surface area (Å²) in [7, 11) is 0. The molecule has 1 atom stereocenters. The van der Waals surface area contributed by atoms with Gasteiger partial charge in [-0.05, 0) is 42.0 Å². The Morgan fingerprint density at radius 3 is 2.18 bits per heavy atom. The Balaban J connectivity index is 1.75. The molecule has 6 heteroatoms. The Morgan fingerprint density at radius 2 is 1.59 bits per heavy atom. The summed E-state index contributed by atoms with van der Waals surface area (Å²) >= 11 is 11.5. The van der Waals surface area contributed by atoms with E-state index in [4.69, 9.17) is 27.9 Å². The number of rotatable bonds is 6. The maximum Gasteiger partial charge on any atom is 0.258 e. The monoisotopic (exact) mass is 339 g/mol. The van der Waals surface area contributed by atoms with E-state index in [1.54, 1.807) is 48.5 Å². The summed E-state index contributed by atoms with van der Waals surface area (Å²) < 4.78 is 5.31. The highest BCUT2D eigenvalue weighted by molar-refractivity contribution is 6.30. The van der Waals surface area contributed by atoms with Crippen LogP contribution in [0.1, 0.15) is 11.7 Å². The molecule has 0 aliphatic heterocycles. The fourth-order valence-electron chi connectivity index (χ4n) is 1.74. The number of hydrogen-bond donors (Lipinski definition) is 2. The average molecular weight is 340 g/mol. The summed E-state index contributed by atoms with van der Waals surface area (Å²) in [5.74, 6) is 0.237. The number of hydrogen-bond acceptors (Lipinski definition) is 3. The maximum absolute atomic E-state index is 11.7. The van der Waals surface area contributed by atoms with E-state index in [1.165, 1.54) is 0 Å². The van der Waals surface area contributed by atoms with Crippen LogP contribution in [-0.4, -0.2) is 24.2 Å². The molecule has 0 aliphatic rings. The highest BCUT2D eigenvalue weighted by atomic mass is 35.5. The summed E-state index contributed by atoms with van der Waals surface area (Å²) in [5.41, 5.74) is 0.684. The maximum atomic E-state index is 11.7. The Hall–Kier alpha value is -1.75. The molecule has 2 aromatic carbocycles. The van der Waals surface area contributed by atoms with Crippen molar-refractivity contribution in [2.45, 2.75) is 6.10 Å². The molecule has 0 unspecified atom stereocenters. The van der Waals surface area contributed by atoms with Crippen LogP contribution >= 0.6 is 23.2 Å². The van der Waals surface area contributed by atoms with Gasteiger partial charge in [0.1, 0.15) is 5.75 Å². The molecule has 2 N–H and O–H groups in total. The second kappa shape index (κ2) is 8.03. The molecule has 2 rings (SSSR count). The Labute approximate surface area is 138 Å². The van der Waals surface area contributed by atoms with Crippen LogP contribution in [0.4, 0.5) is 0 Å². The third-order valence-electron chi connectivity index (χ3n) is 2.93. The number of carbonyl (C=O) groups excluding carboxylic acids is 1. The van der Waals surface area contributed by atoms with Crippen molar-refractivity contribution in [2.75, 3.05) is 13.2 Å². The lowest BCUT2D eigenvalue weighted by Crippen LogP contribution is -2.32. The molecule has 0 heterocycles. The van der Waals surface area contributed by atoms with Crippen molar-refractivity contribution >= 4 is 29.1 Å². The second-order valence-corrected chi connectivity index (χ2v) is 5.49. The van der Waals surface area contributed by atoms with E-state index in [0.717, 1.165) is 0 Å². The van der Waals surface area contributed by atoms with Gasteiger partial charge in [-0.2, -0.15) is 0 Å². The van der Waals surface area contributed by atoms with Gasteiger partial charge in [0, 0.05) is 16.6 Å². The molecule has 1 amide bonds. The normalized spacial score (nSPS) is 11.8. The van der Waals surface area contributed by atoms with Crippen molar-refractivity contribution < 1.29 is 14.6 Å². The van der Waals surface area contributed by atoms with E-state index in [1.807, 2.05) is 0 Å². The quantitative estimate of drug-likeness (QED) is 0.849. The number of benzene rings is 2. The fourth-order valence-corrected chi connectivity index (χ4v) is 2.00. The van der Waals surface area contributed by atoms with Gasteiger partial charge in [-0.1, -0.05) is 35.3 Å². The summed E-state index contributed by atoms with van der Waals surface area (Å²) in [4.78, 5) is 11.7. The fraction of sp³-hybridized carbons (Fsp3) is 0.188. The molecule has 22 heavy (non-hydrogen) atoms. The van der Waals surface area contributed by atoms with Crippen LogP contribution in [-0.2, 0) is 4.79 Å². The molecule has 0 radical (unpaired) electrons. The van der Waals surface area contributed by atoms with Crippen molar-refractivity contribution in [3.63, 3.8) is 0 Å². The summed E-state index contributed by atoms with van der Waals surface area (Å²) in [5, 5.41) is 13.8. The lowest BCUT2D eigenvalue weighted by Gasteiger charge is -2.13. The minimum atomic E-state index is -0.795. The van der Waals surface area contributed by atoms with Crippen LogP contribution in [0.2, 0.25) is 10.0 Å². The van der Waals surface area contributed by atoms with Crippen LogP contribution in [0, 0.1) is 0 Å². The summed E-state index contributed by atoms with van der Waals surface area (Å²) in [6.45, 7) is -0.0284. The van der Waals surface area contributed by atoms with Gasteiger partial charge in [-0.15, -0.1) is 0 Å². The number of nitrogens with one attached hydrogen (secondary N) is 1. The molecule has 0 aromatic heterocycles. The summed E-state index contributed by atoms with van der Waals surface area (Å²) in [6.07, 6.45) is -0.795. The van der Waals surface area contributed by atoms with E-state index in [2.05, 4.69) is 5.32 Å². The second-order valence-electron chi connectivity index (χ2n) is 4.61. The molecule has 0 aliphatic carbocycles. The number of aliphatic hydroxyl groups is 1. The number of carbonyl (C=O) groups is 1. The number of halogens is 2. The van der Waals surface area contributed by atoms with Crippen LogP contribution in [0.5, 0.6) is 5.75 Å². The average Bonchev–Trinajstić information content (AvgIpc) is 2.52. The van der Waals surface area contributed by atoms with Crippen LogP contribution < -0.4 is 10.1 Å². The topological polar surface area (TPSA) is 58.6 Å². The minimum absolute atomic E-state index is 0.102. The molecule has 4 nitrogen and oxygen atoms in total. The zero-order valence-electron chi connectivity index (χ0n) is 11.6. The van der Waals surface area contributed by atoms with Crippen molar-refractivity contribution in [2.24, 2.45) is 0 Å². The predicted octanol–water partition coefficient (Wildman–Crippen LogP) is 3.22. The van der Waals surface area contributed by atoms with Gasteiger partial charge in [-0.3, -0.25) is 4.79 Å². The van der Waals surface area contributed by atoms with E-state index in [-0.39, 0.29) is 19.1 Å². The van der Waals surface area contributed by atoms with Gasteiger partial charge in [0.05, 0.1) is 6.10 Å². The van der Waals surface area contributed by atoms with Crippen molar-refractivity contribution in [3.8, 4) is 5.75 Å². The first-order valence-electron chi connectivity index (χ1n) is 6.63. The first kappa shape index (κ1) is 16.6. The van der Waals surface area contributed by atoms with Crippen LogP contribution in [0.3, 0.4) is 0 Å².